The van der Waals surface area contributed by atoms with Crippen molar-refractivity contribution < 1.29 is 5.11 Å². The first-order valence-corrected chi connectivity index (χ1v) is 6.36. The Labute approximate surface area is 104 Å². The predicted molar refractivity (Wildman–Crippen MR) is 70.7 cm³/mol. The van der Waals surface area contributed by atoms with Gasteiger partial charge in [-0.05, 0) is 53.4 Å². The molecule has 0 saturated heterocycles. The number of aliphatic hydroxyl groups excluding tert-OH is 1. The second-order valence-corrected chi connectivity index (χ2v) is 5.16. The van der Waals surface area contributed by atoms with Gasteiger partial charge in [-0.15, -0.1) is 0 Å². The highest BCUT2D eigenvalue weighted by atomic mass is 79.9. The molecular weight excluding hydrogens is 268 g/mol. The van der Waals surface area contributed by atoms with E-state index >= 15 is 0 Å². The molecule has 4 heteroatoms. The Morgan fingerprint density at radius 3 is 2.75 bits per heavy atom. The van der Waals surface area contributed by atoms with Gasteiger partial charge in [0.2, 0.25) is 0 Å². The number of halogens is 1. The minimum absolute atomic E-state index is 0.187. The third-order valence-corrected chi connectivity index (χ3v) is 3.61. The number of nitrogens with two attached hydrogens (primary N) is 1. The van der Waals surface area contributed by atoms with E-state index in [-0.39, 0.29) is 6.61 Å². The summed E-state index contributed by atoms with van der Waals surface area (Å²) in [5, 5.41) is 9.11. The summed E-state index contributed by atoms with van der Waals surface area (Å²) in [6, 6.07) is 4.62. The zero-order chi connectivity index (χ0) is 11.7. The number of aliphatic hydroxyl groups is 1. The molecule has 0 aromatic heterocycles. The van der Waals surface area contributed by atoms with Crippen molar-refractivity contribution in [3.8, 4) is 0 Å². The molecule has 0 unspecified atom stereocenters. The minimum Gasteiger partial charge on any atom is -0.398 e. The normalized spacial score (nSPS) is 15.2. The molecule has 1 aromatic carbocycles. The number of rotatable bonds is 4. The summed E-state index contributed by atoms with van der Waals surface area (Å²) in [6.45, 7) is 2.88. The molecule has 0 atom stereocenters. The summed E-state index contributed by atoms with van der Waals surface area (Å²) in [7, 11) is 0. The zero-order valence-corrected chi connectivity index (χ0v) is 11.0. The Hall–Kier alpha value is -0.740. The monoisotopic (exact) mass is 284 g/mol. The third kappa shape index (κ3) is 2.33. The molecular formula is C12H17BrN2O. The molecule has 16 heavy (non-hydrogen) atoms. The SMILES string of the molecule is Cc1cc(N(CCO)C2CC2)c(Br)cc1N. The van der Waals surface area contributed by atoms with Gasteiger partial charge in [0.05, 0.1) is 12.3 Å². The highest BCUT2D eigenvalue weighted by Gasteiger charge is 2.30. The molecule has 3 nitrogen and oxygen atoms in total. The lowest BCUT2D eigenvalue weighted by molar-refractivity contribution is 0.301. The van der Waals surface area contributed by atoms with Crippen molar-refractivity contribution in [2.45, 2.75) is 25.8 Å². The molecule has 0 radical (unpaired) electrons. The molecule has 1 fully saturated rings. The number of hydrogen-bond acceptors (Lipinski definition) is 3. The lowest BCUT2D eigenvalue weighted by Crippen LogP contribution is -2.29. The van der Waals surface area contributed by atoms with Gasteiger partial charge < -0.3 is 15.7 Å². The number of nitrogen functional groups attached to an aromatic ring is 1. The number of aryl methyl sites for hydroxylation is 1. The summed E-state index contributed by atoms with van der Waals surface area (Å²) < 4.78 is 1.01. The highest BCUT2D eigenvalue weighted by Crippen LogP contribution is 2.37. The second-order valence-electron chi connectivity index (χ2n) is 4.31. The van der Waals surface area contributed by atoms with E-state index in [9.17, 15) is 0 Å². The highest BCUT2D eigenvalue weighted by molar-refractivity contribution is 9.10. The summed E-state index contributed by atoms with van der Waals surface area (Å²) in [6.07, 6.45) is 2.44. The van der Waals surface area contributed by atoms with Crippen LogP contribution < -0.4 is 10.6 Å². The van der Waals surface area contributed by atoms with Gasteiger partial charge in [0.25, 0.3) is 0 Å². The van der Waals surface area contributed by atoms with Gasteiger partial charge >= 0.3 is 0 Å². The maximum Gasteiger partial charge on any atom is 0.0606 e. The van der Waals surface area contributed by atoms with Crippen molar-refractivity contribution >= 4 is 27.3 Å². The van der Waals surface area contributed by atoms with Crippen LogP contribution in [0.1, 0.15) is 18.4 Å². The van der Waals surface area contributed by atoms with Crippen LogP contribution >= 0.6 is 15.9 Å². The Balaban J connectivity index is 2.32. The molecule has 2 rings (SSSR count). The Kier molecular flexibility index (Phi) is 3.40. The van der Waals surface area contributed by atoms with Gasteiger partial charge in [-0.25, -0.2) is 0 Å². The van der Waals surface area contributed by atoms with Crippen LogP contribution in [-0.4, -0.2) is 24.3 Å². The fourth-order valence-electron chi connectivity index (χ4n) is 1.90. The van der Waals surface area contributed by atoms with Crippen LogP contribution in [0.4, 0.5) is 11.4 Å². The van der Waals surface area contributed by atoms with Crippen molar-refractivity contribution in [3.63, 3.8) is 0 Å². The van der Waals surface area contributed by atoms with E-state index in [0.29, 0.717) is 12.6 Å². The van der Waals surface area contributed by atoms with Gasteiger partial charge in [-0.1, -0.05) is 0 Å². The van der Waals surface area contributed by atoms with Gasteiger partial charge in [0, 0.05) is 22.7 Å². The Morgan fingerprint density at radius 1 is 1.50 bits per heavy atom. The molecule has 88 valence electrons. The van der Waals surface area contributed by atoms with Crippen molar-refractivity contribution in [3.05, 3.63) is 22.2 Å². The smallest absolute Gasteiger partial charge is 0.0606 e. The van der Waals surface area contributed by atoms with E-state index in [0.717, 1.165) is 21.4 Å². The van der Waals surface area contributed by atoms with E-state index in [1.165, 1.54) is 12.8 Å². The largest absolute Gasteiger partial charge is 0.398 e. The van der Waals surface area contributed by atoms with Crippen molar-refractivity contribution in [2.75, 3.05) is 23.8 Å². The van der Waals surface area contributed by atoms with E-state index in [4.69, 9.17) is 10.8 Å². The first-order valence-electron chi connectivity index (χ1n) is 5.56. The molecule has 0 amide bonds. The fraction of sp³-hybridized carbons (Fsp3) is 0.500. The van der Waals surface area contributed by atoms with Crippen molar-refractivity contribution in [2.24, 2.45) is 0 Å². The van der Waals surface area contributed by atoms with Crippen LogP contribution in [0.15, 0.2) is 16.6 Å². The molecule has 1 aliphatic rings. The topological polar surface area (TPSA) is 49.5 Å². The molecule has 0 spiro atoms. The van der Waals surface area contributed by atoms with Crippen LogP contribution in [0.25, 0.3) is 0 Å². The quantitative estimate of drug-likeness (QED) is 0.835. The Morgan fingerprint density at radius 2 is 2.19 bits per heavy atom. The lowest BCUT2D eigenvalue weighted by atomic mass is 10.1. The van der Waals surface area contributed by atoms with Crippen LogP contribution in [0.5, 0.6) is 0 Å². The van der Waals surface area contributed by atoms with Gasteiger partial charge in [-0.3, -0.25) is 0 Å². The molecule has 0 bridgehead atoms. The number of anilines is 2. The molecule has 3 N–H and O–H groups in total. The molecule has 1 aliphatic carbocycles. The number of nitrogens with zero attached hydrogens (tertiary/aromatic N) is 1. The Bertz CT molecular complexity index is 391. The van der Waals surface area contributed by atoms with Crippen LogP contribution in [-0.2, 0) is 0 Å². The number of hydrogen-bond donors (Lipinski definition) is 2. The van der Waals surface area contributed by atoms with Gasteiger partial charge in [0.1, 0.15) is 0 Å². The van der Waals surface area contributed by atoms with Crippen LogP contribution in [0.2, 0.25) is 0 Å². The average Bonchev–Trinajstić information content (AvgIpc) is 3.04. The minimum atomic E-state index is 0.187. The lowest BCUT2D eigenvalue weighted by Gasteiger charge is -2.25. The van der Waals surface area contributed by atoms with E-state index in [1.807, 2.05) is 13.0 Å². The predicted octanol–water partition coefficient (Wildman–Crippen LogP) is 2.30. The van der Waals surface area contributed by atoms with E-state index in [2.05, 4.69) is 26.9 Å². The van der Waals surface area contributed by atoms with E-state index in [1.54, 1.807) is 0 Å². The second kappa shape index (κ2) is 4.63. The van der Waals surface area contributed by atoms with Crippen molar-refractivity contribution in [1.29, 1.82) is 0 Å². The van der Waals surface area contributed by atoms with Gasteiger partial charge in [-0.2, -0.15) is 0 Å². The summed E-state index contributed by atoms with van der Waals surface area (Å²) in [4.78, 5) is 2.26. The average molecular weight is 285 g/mol. The zero-order valence-electron chi connectivity index (χ0n) is 9.41. The van der Waals surface area contributed by atoms with Crippen LogP contribution in [0, 0.1) is 6.92 Å². The number of benzene rings is 1. The summed E-state index contributed by atoms with van der Waals surface area (Å²) >= 11 is 3.54. The van der Waals surface area contributed by atoms with Crippen LogP contribution in [0.3, 0.4) is 0 Å². The first-order chi connectivity index (χ1) is 7.63. The molecule has 1 saturated carbocycles. The molecule has 0 heterocycles. The maximum atomic E-state index is 9.11. The first kappa shape index (κ1) is 11.7. The fourth-order valence-corrected chi connectivity index (χ4v) is 2.48. The van der Waals surface area contributed by atoms with Crippen molar-refractivity contribution in [1.82, 2.24) is 0 Å². The molecule has 0 aliphatic heterocycles. The standard InChI is InChI=1S/C12H17BrN2O/c1-8-6-12(10(13)7-11(8)14)15(4-5-16)9-2-3-9/h6-7,9,16H,2-5,14H2,1H3. The van der Waals surface area contributed by atoms with Gasteiger partial charge in [0.15, 0.2) is 0 Å². The third-order valence-electron chi connectivity index (χ3n) is 2.97. The van der Waals surface area contributed by atoms with E-state index < -0.39 is 0 Å². The summed E-state index contributed by atoms with van der Waals surface area (Å²) in [5.41, 5.74) is 8.89. The summed E-state index contributed by atoms with van der Waals surface area (Å²) in [5.74, 6) is 0. The maximum absolute atomic E-state index is 9.11. The molecule has 1 aromatic rings.